The number of carbonyl (C=O) groups excluding carboxylic acids is 1. The first-order valence-electron chi connectivity index (χ1n) is 10.7. The van der Waals surface area contributed by atoms with Gasteiger partial charge in [-0.25, -0.2) is 4.79 Å². The van der Waals surface area contributed by atoms with E-state index in [2.05, 4.69) is 6.92 Å². The summed E-state index contributed by atoms with van der Waals surface area (Å²) in [5, 5.41) is 0. The molecule has 2 aromatic carbocycles. The monoisotopic (exact) mass is 462 g/mol. The summed E-state index contributed by atoms with van der Waals surface area (Å²) in [5.74, 6) is 0.909. The van der Waals surface area contributed by atoms with E-state index in [1.807, 2.05) is 4.90 Å². The van der Waals surface area contributed by atoms with Crippen molar-refractivity contribution in [3.63, 3.8) is 0 Å². The minimum absolute atomic E-state index is 0.00824. The van der Waals surface area contributed by atoms with Gasteiger partial charge in [-0.3, -0.25) is 4.90 Å². The number of hydrogen-bond donors (Lipinski definition) is 0. The molecule has 0 aliphatic carbocycles. The number of rotatable bonds is 11. The Morgan fingerprint density at radius 1 is 0.875 bits per heavy atom. The van der Waals surface area contributed by atoms with E-state index in [9.17, 15) is 13.2 Å². The highest BCUT2D eigenvalue weighted by Gasteiger charge is 2.29. The van der Waals surface area contributed by atoms with Crippen LogP contribution in [0, 0.1) is 0 Å². The Morgan fingerprint density at radius 2 is 1.50 bits per heavy atom. The molecule has 0 unspecified atom stereocenters. The number of methoxy groups -OCH3 is 2. The summed E-state index contributed by atoms with van der Waals surface area (Å²) in [6, 6.07) is 10.6. The highest BCUT2D eigenvalue weighted by atomic mass is 32.2. The zero-order valence-corrected chi connectivity index (χ0v) is 19.6. The van der Waals surface area contributed by atoms with Crippen LogP contribution in [0.5, 0.6) is 17.2 Å². The van der Waals surface area contributed by atoms with E-state index >= 15 is 0 Å². The van der Waals surface area contributed by atoms with Crippen LogP contribution in [0.15, 0.2) is 47.4 Å². The van der Waals surface area contributed by atoms with Crippen LogP contribution in [0.2, 0.25) is 0 Å². The van der Waals surface area contributed by atoms with Gasteiger partial charge in [0.2, 0.25) is 0 Å². The van der Waals surface area contributed by atoms with Crippen LogP contribution in [0.4, 0.5) is 10.5 Å². The summed E-state index contributed by atoms with van der Waals surface area (Å²) in [6.07, 6.45) is 4.44. The van der Waals surface area contributed by atoms with Crippen LogP contribution >= 0.6 is 0 Å². The normalized spacial score (nSPS) is 14.0. The zero-order valence-electron chi connectivity index (χ0n) is 18.7. The van der Waals surface area contributed by atoms with Gasteiger partial charge in [0.25, 0.3) is 0 Å². The second-order valence-electron chi connectivity index (χ2n) is 7.56. The van der Waals surface area contributed by atoms with Gasteiger partial charge in [0.1, 0.15) is 22.1 Å². The van der Waals surface area contributed by atoms with Crippen LogP contribution < -0.4 is 18.6 Å². The Kier molecular flexibility index (Phi) is 7.84. The molecule has 1 saturated heterocycles. The second kappa shape index (κ2) is 10.6. The number of ether oxygens (including phenoxy) is 2. The fourth-order valence-corrected chi connectivity index (χ4v) is 4.47. The van der Waals surface area contributed by atoms with Crippen LogP contribution in [0.1, 0.15) is 32.6 Å². The fourth-order valence-electron chi connectivity index (χ4n) is 3.56. The summed E-state index contributed by atoms with van der Waals surface area (Å²) < 4.78 is 41.0. The molecule has 3 rings (SSSR count). The smallest absolute Gasteiger partial charge is 0.339 e. The molecule has 0 bridgehead atoms. The molecule has 0 spiro atoms. The minimum Gasteiger partial charge on any atom is -0.496 e. The van der Waals surface area contributed by atoms with Crippen molar-refractivity contribution in [2.24, 2.45) is 0 Å². The average molecular weight is 463 g/mol. The third kappa shape index (κ3) is 5.64. The van der Waals surface area contributed by atoms with Gasteiger partial charge in [-0.05, 0) is 30.7 Å². The van der Waals surface area contributed by atoms with Gasteiger partial charge < -0.3 is 18.6 Å². The minimum atomic E-state index is -4.07. The topological polar surface area (TPSA) is 85.4 Å². The van der Waals surface area contributed by atoms with Crippen molar-refractivity contribution in [2.75, 3.05) is 38.8 Å². The predicted molar refractivity (Wildman–Crippen MR) is 122 cm³/mol. The Hall–Kier alpha value is -2.94. The molecule has 1 heterocycles. The van der Waals surface area contributed by atoms with Gasteiger partial charge in [0.05, 0.1) is 14.2 Å². The van der Waals surface area contributed by atoms with Crippen molar-refractivity contribution in [3.8, 4) is 17.2 Å². The quantitative estimate of drug-likeness (QED) is 0.366. The number of urea groups is 1. The van der Waals surface area contributed by atoms with Gasteiger partial charge in [-0.2, -0.15) is 8.42 Å². The largest absolute Gasteiger partial charge is 0.496 e. The van der Waals surface area contributed by atoms with Crippen LogP contribution in [-0.4, -0.2) is 53.2 Å². The van der Waals surface area contributed by atoms with Crippen LogP contribution in [0.3, 0.4) is 0 Å². The van der Waals surface area contributed by atoms with E-state index in [4.69, 9.17) is 13.7 Å². The van der Waals surface area contributed by atoms with Gasteiger partial charge in [0, 0.05) is 43.5 Å². The van der Waals surface area contributed by atoms with Crippen molar-refractivity contribution in [1.82, 2.24) is 4.90 Å². The molecule has 0 atom stereocenters. The van der Waals surface area contributed by atoms with E-state index in [0.29, 0.717) is 30.3 Å². The van der Waals surface area contributed by atoms with E-state index in [0.717, 1.165) is 25.8 Å². The molecular formula is C23H30N2O6S. The third-order valence-corrected chi connectivity index (χ3v) is 6.61. The molecular weight excluding hydrogens is 432 g/mol. The number of carbonyl (C=O) groups is 1. The lowest BCUT2D eigenvalue weighted by Crippen LogP contribution is -2.32. The molecule has 174 valence electrons. The molecule has 2 aromatic rings. The summed E-state index contributed by atoms with van der Waals surface area (Å²) in [7, 11) is -1.13. The lowest BCUT2D eigenvalue weighted by Gasteiger charge is -2.19. The first-order valence-corrected chi connectivity index (χ1v) is 12.1. The SMILES string of the molecule is CCCCCCN1CCN(c2ccc(S(=O)(=O)Oc3cc(OC)cc(OC)c3)cc2)C1=O. The van der Waals surface area contributed by atoms with Crippen molar-refractivity contribution in [2.45, 2.75) is 37.5 Å². The molecule has 8 nitrogen and oxygen atoms in total. The summed E-state index contributed by atoms with van der Waals surface area (Å²) >= 11 is 0. The number of anilines is 1. The van der Waals surface area contributed by atoms with E-state index in [1.54, 1.807) is 23.1 Å². The first-order chi connectivity index (χ1) is 15.4. The first kappa shape index (κ1) is 23.7. The maximum Gasteiger partial charge on any atom is 0.339 e. The van der Waals surface area contributed by atoms with Gasteiger partial charge in [-0.1, -0.05) is 26.2 Å². The van der Waals surface area contributed by atoms with Gasteiger partial charge in [0.15, 0.2) is 0 Å². The molecule has 0 saturated carbocycles. The number of nitrogens with zero attached hydrogens (tertiary/aromatic N) is 2. The number of amides is 2. The fraction of sp³-hybridized carbons (Fsp3) is 0.435. The zero-order chi connectivity index (χ0) is 23.1. The van der Waals surface area contributed by atoms with E-state index in [-0.39, 0.29) is 16.7 Å². The summed E-state index contributed by atoms with van der Waals surface area (Å²) in [4.78, 5) is 16.2. The maximum absolute atomic E-state index is 12.7. The predicted octanol–water partition coefficient (Wildman–Crippen LogP) is 4.29. The lowest BCUT2D eigenvalue weighted by atomic mass is 10.2. The third-order valence-electron chi connectivity index (χ3n) is 5.34. The summed E-state index contributed by atoms with van der Waals surface area (Å²) in [5.41, 5.74) is 0.660. The van der Waals surface area contributed by atoms with Crippen molar-refractivity contribution in [1.29, 1.82) is 0 Å². The highest BCUT2D eigenvalue weighted by molar-refractivity contribution is 7.87. The second-order valence-corrected chi connectivity index (χ2v) is 9.11. The van der Waals surface area contributed by atoms with Crippen LogP contribution in [-0.2, 0) is 10.1 Å². The maximum atomic E-state index is 12.7. The Balaban J connectivity index is 1.68. The van der Waals surface area contributed by atoms with Crippen molar-refractivity contribution in [3.05, 3.63) is 42.5 Å². The number of benzene rings is 2. The molecule has 1 aliphatic heterocycles. The van der Waals surface area contributed by atoms with E-state index < -0.39 is 10.1 Å². The van der Waals surface area contributed by atoms with Crippen LogP contribution in [0.25, 0.3) is 0 Å². The van der Waals surface area contributed by atoms with Gasteiger partial charge in [-0.15, -0.1) is 0 Å². The van der Waals surface area contributed by atoms with E-state index in [1.165, 1.54) is 44.9 Å². The number of unbranched alkanes of at least 4 members (excludes halogenated alkanes) is 3. The Morgan fingerprint density at radius 3 is 2.09 bits per heavy atom. The molecule has 2 amide bonds. The molecule has 1 aliphatic rings. The van der Waals surface area contributed by atoms with Crippen molar-refractivity contribution < 1.29 is 26.9 Å². The highest BCUT2D eigenvalue weighted by Crippen LogP contribution is 2.30. The molecule has 0 N–H and O–H groups in total. The summed E-state index contributed by atoms with van der Waals surface area (Å²) in [6.45, 7) is 4.16. The standard InChI is InChI=1S/C23H30N2O6S/c1-4-5-6-7-12-24-13-14-25(23(24)26)18-8-10-22(11-9-18)32(27,28)31-21-16-19(29-2)15-20(17-21)30-3/h8-11,15-17H,4-7,12-14H2,1-3H3. The molecule has 9 heteroatoms. The molecule has 32 heavy (non-hydrogen) atoms. The average Bonchev–Trinajstić information content (AvgIpc) is 3.16. The van der Waals surface area contributed by atoms with Gasteiger partial charge >= 0.3 is 16.1 Å². The number of hydrogen-bond acceptors (Lipinski definition) is 6. The molecule has 0 radical (unpaired) electrons. The molecule has 1 fully saturated rings. The molecule has 0 aromatic heterocycles. The Bertz CT molecular complexity index is 1000. The lowest BCUT2D eigenvalue weighted by molar-refractivity contribution is 0.219. The van der Waals surface area contributed by atoms with Crippen molar-refractivity contribution >= 4 is 21.8 Å². The Labute approximate surface area is 189 Å².